The minimum absolute atomic E-state index is 0.0535. The molecule has 0 aliphatic rings. The molecule has 59 heavy (non-hydrogen) atoms. The van der Waals surface area contributed by atoms with Crippen LogP contribution in [0, 0.1) is 0 Å². The van der Waals surface area contributed by atoms with Crippen molar-refractivity contribution in [1.29, 1.82) is 0 Å². The van der Waals surface area contributed by atoms with Crippen LogP contribution in [0.3, 0.4) is 0 Å². The lowest BCUT2D eigenvalue weighted by molar-refractivity contribution is -0.161. The van der Waals surface area contributed by atoms with Crippen LogP contribution in [0.2, 0.25) is 0 Å². The molecule has 0 rings (SSSR count). The first-order valence-electron chi connectivity index (χ1n) is 21.4. The SMILES string of the molecule is CC/C=C\C/C=C\C/C=C\C/C=C\CCCCCCC(=O)OC[C@H](COP(=O)(O)OC[C@H](N)C(=O)O)OC(=O)CCC/C=C\C/C=C\C/C=C\C=C\[C@@H](O)CCCCC. The fourth-order valence-corrected chi connectivity index (χ4v) is 5.82. The Balaban J connectivity index is 4.58. The molecule has 0 saturated heterocycles. The number of carboxylic acids is 1. The average molecular weight is 848 g/mol. The minimum Gasteiger partial charge on any atom is -0.480 e. The molecule has 0 amide bonds. The highest BCUT2D eigenvalue weighted by Crippen LogP contribution is 2.43. The smallest absolute Gasteiger partial charge is 0.472 e. The van der Waals surface area contributed by atoms with Crippen molar-refractivity contribution in [3.63, 3.8) is 0 Å². The largest absolute Gasteiger partial charge is 0.480 e. The summed E-state index contributed by atoms with van der Waals surface area (Å²) in [5.74, 6) is -2.53. The average Bonchev–Trinajstić information content (AvgIpc) is 3.20. The molecular weight excluding hydrogens is 773 g/mol. The van der Waals surface area contributed by atoms with E-state index in [9.17, 15) is 28.9 Å². The van der Waals surface area contributed by atoms with Crippen molar-refractivity contribution in [1.82, 2.24) is 0 Å². The van der Waals surface area contributed by atoms with Gasteiger partial charge in [0, 0.05) is 12.8 Å². The first kappa shape index (κ1) is 55.4. The molecule has 0 fully saturated rings. The number of ether oxygens (including phenoxy) is 2. The number of hydrogen-bond donors (Lipinski definition) is 4. The summed E-state index contributed by atoms with van der Waals surface area (Å²) in [6, 6.07) is -1.55. The number of carboxylic acid groups (broad SMARTS) is 1. The summed E-state index contributed by atoms with van der Waals surface area (Å²) in [7, 11) is -4.75. The molecule has 0 saturated carbocycles. The number of aliphatic hydroxyl groups excluding tert-OH is 1. The summed E-state index contributed by atoms with van der Waals surface area (Å²) in [5, 5.41) is 18.8. The molecule has 12 nitrogen and oxygen atoms in total. The van der Waals surface area contributed by atoms with E-state index >= 15 is 0 Å². The van der Waals surface area contributed by atoms with Gasteiger partial charge >= 0.3 is 25.7 Å². The molecule has 0 bridgehead atoms. The standard InChI is InChI=1S/C46H74NO11P/c1-3-5-7-8-9-10-11-12-13-14-15-16-19-22-25-28-32-36-44(49)55-38-42(39-56-59(53,54)57-40-43(47)46(51)52)58-45(50)37-33-29-26-23-20-17-18-21-24-27-31-35-41(48)34-30-6-4-2/h5,7,9-10,12-13,15-18,23-24,26-27,31,35,41-43,48H,3-4,6,8,11,14,19-22,25,28-30,32-34,36-40,47H2,1-2H3,(H,51,52)(H,53,54)/b7-5-,10-9-,13-12-,16-15-,18-17-,26-23-,27-24-,35-31+/t41-,42+,43-/m0/s1. The van der Waals surface area contributed by atoms with Gasteiger partial charge in [-0.15, -0.1) is 0 Å². The van der Waals surface area contributed by atoms with Crippen LogP contribution in [0.5, 0.6) is 0 Å². The van der Waals surface area contributed by atoms with Crippen molar-refractivity contribution in [2.75, 3.05) is 19.8 Å². The fourth-order valence-electron chi connectivity index (χ4n) is 5.04. The summed E-state index contributed by atoms with van der Waals surface area (Å²) < 4.78 is 32.6. The maximum absolute atomic E-state index is 12.6. The van der Waals surface area contributed by atoms with Crippen LogP contribution in [-0.2, 0) is 37.5 Å². The van der Waals surface area contributed by atoms with Gasteiger partial charge in [0.05, 0.1) is 19.3 Å². The number of esters is 2. The summed E-state index contributed by atoms with van der Waals surface area (Å²) in [6.07, 6.45) is 46.6. The summed E-state index contributed by atoms with van der Waals surface area (Å²) >= 11 is 0. The number of carbonyl (C=O) groups excluding carboxylic acids is 2. The molecule has 0 aromatic carbocycles. The monoisotopic (exact) mass is 847 g/mol. The molecule has 0 aliphatic carbocycles. The van der Waals surface area contributed by atoms with E-state index < -0.39 is 63.8 Å². The quantitative estimate of drug-likeness (QED) is 0.0151. The predicted molar refractivity (Wildman–Crippen MR) is 236 cm³/mol. The second-order valence-corrected chi connectivity index (χ2v) is 15.4. The van der Waals surface area contributed by atoms with Crippen molar-refractivity contribution < 1.29 is 52.6 Å². The third-order valence-electron chi connectivity index (χ3n) is 8.42. The Labute approximate surface area is 354 Å². The zero-order valence-corrected chi connectivity index (χ0v) is 36.6. The van der Waals surface area contributed by atoms with Crippen molar-refractivity contribution in [2.24, 2.45) is 5.73 Å². The summed E-state index contributed by atoms with van der Waals surface area (Å²) in [6.45, 7) is 2.45. The lowest BCUT2D eigenvalue weighted by atomic mass is 10.1. The van der Waals surface area contributed by atoms with E-state index in [1.807, 2.05) is 48.6 Å². The Morgan fingerprint density at radius 2 is 1.17 bits per heavy atom. The molecule has 5 N–H and O–H groups in total. The van der Waals surface area contributed by atoms with Crippen molar-refractivity contribution in [3.05, 3.63) is 97.2 Å². The van der Waals surface area contributed by atoms with E-state index in [1.165, 1.54) is 0 Å². The fraction of sp³-hybridized carbons (Fsp3) is 0.587. The van der Waals surface area contributed by atoms with E-state index in [0.29, 0.717) is 19.3 Å². The normalized spacial score (nSPS) is 15.2. The van der Waals surface area contributed by atoms with Crippen molar-refractivity contribution >= 4 is 25.7 Å². The van der Waals surface area contributed by atoms with Crippen molar-refractivity contribution in [2.45, 2.75) is 154 Å². The van der Waals surface area contributed by atoms with Crippen LogP contribution >= 0.6 is 7.82 Å². The van der Waals surface area contributed by atoms with Gasteiger partial charge in [-0.05, 0) is 77.0 Å². The van der Waals surface area contributed by atoms with E-state index in [0.717, 1.165) is 89.9 Å². The molecule has 334 valence electrons. The Hall–Kier alpha value is -3.64. The maximum atomic E-state index is 12.6. The lowest BCUT2D eigenvalue weighted by Crippen LogP contribution is -2.34. The zero-order valence-electron chi connectivity index (χ0n) is 35.7. The van der Waals surface area contributed by atoms with Crippen LogP contribution in [0.25, 0.3) is 0 Å². The highest BCUT2D eigenvalue weighted by atomic mass is 31.2. The number of allylic oxidation sites excluding steroid dienone is 15. The number of phosphoric ester groups is 1. The van der Waals surface area contributed by atoms with E-state index in [2.05, 4.69) is 67.0 Å². The molecule has 0 aromatic heterocycles. The molecule has 0 radical (unpaired) electrons. The van der Waals surface area contributed by atoms with Gasteiger partial charge in [-0.3, -0.25) is 23.4 Å². The number of hydrogen-bond acceptors (Lipinski definition) is 10. The van der Waals surface area contributed by atoms with E-state index in [-0.39, 0.29) is 12.8 Å². The van der Waals surface area contributed by atoms with Gasteiger partial charge in [0.15, 0.2) is 6.10 Å². The van der Waals surface area contributed by atoms with Crippen LogP contribution < -0.4 is 5.73 Å². The molecule has 13 heteroatoms. The molecule has 1 unspecified atom stereocenters. The Morgan fingerprint density at radius 3 is 1.78 bits per heavy atom. The minimum atomic E-state index is -4.75. The first-order chi connectivity index (χ1) is 28.5. The number of phosphoric acid groups is 1. The molecule has 0 spiro atoms. The van der Waals surface area contributed by atoms with Gasteiger partial charge in [0.1, 0.15) is 12.6 Å². The number of carbonyl (C=O) groups is 3. The third kappa shape index (κ3) is 39.6. The number of aliphatic carboxylic acids is 1. The molecule has 0 aromatic rings. The molecular formula is C46H74NO11P. The highest BCUT2D eigenvalue weighted by Gasteiger charge is 2.28. The van der Waals surface area contributed by atoms with E-state index in [1.54, 1.807) is 0 Å². The number of aliphatic hydroxyl groups is 1. The summed E-state index contributed by atoms with van der Waals surface area (Å²) in [5.41, 5.74) is 5.32. The van der Waals surface area contributed by atoms with Crippen molar-refractivity contribution in [3.8, 4) is 0 Å². The molecule has 0 heterocycles. The van der Waals surface area contributed by atoms with Crippen LogP contribution in [0.1, 0.15) is 136 Å². The van der Waals surface area contributed by atoms with Gasteiger partial charge in [0.2, 0.25) is 0 Å². The Morgan fingerprint density at radius 1 is 0.627 bits per heavy atom. The zero-order chi connectivity index (χ0) is 43.7. The first-order valence-corrected chi connectivity index (χ1v) is 22.9. The number of rotatable bonds is 38. The summed E-state index contributed by atoms with van der Waals surface area (Å²) in [4.78, 5) is 45.9. The van der Waals surface area contributed by atoms with Gasteiger partial charge in [0.25, 0.3) is 0 Å². The van der Waals surface area contributed by atoms with Crippen LogP contribution in [-0.4, -0.2) is 71.1 Å². The van der Waals surface area contributed by atoms with Gasteiger partial charge in [-0.2, -0.15) is 0 Å². The van der Waals surface area contributed by atoms with Crippen LogP contribution in [0.4, 0.5) is 0 Å². The maximum Gasteiger partial charge on any atom is 0.472 e. The topological polar surface area (TPSA) is 192 Å². The highest BCUT2D eigenvalue weighted by molar-refractivity contribution is 7.47. The van der Waals surface area contributed by atoms with E-state index in [4.69, 9.17) is 24.8 Å². The third-order valence-corrected chi connectivity index (χ3v) is 9.37. The lowest BCUT2D eigenvalue weighted by Gasteiger charge is -2.20. The Bertz CT molecular complexity index is 1380. The second kappa shape index (κ2) is 39.8. The van der Waals surface area contributed by atoms with Gasteiger partial charge < -0.3 is 30.3 Å². The second-order valence-electron chi connectivity index (χ2n) is 13.9. The van der Waals surface area contributed by atoms with Crippen LogP contribution in [0.15, 0.2) is 97.2 Å². The number of nitrogens with two attached hydrogens (primary N) is 1. The van der Waals surface area contributed by atoms with Gasteiger partial charge in [-0.1, -0.05) is 143 Å². The Kier molecular flexibility index (Phi) is 37.3. The number of unbranched alkanes of at least 4 members (excludes halogenated alkanes) is 7. The van der Waals surface area contributed by atoms with Gasteiger partial charge in [-0.25, -0.2) is 4.57 Å². The predicted octanol–water partition coefficient (Wildman–Crippen LogP) is 10.2. The molecule has 0 aliphatic heterocycles. The molecule has 4 atom stereocenters.